The minimum atomic E-state index is -0.880. The largest absolute Gasteiger partial charge is 0.497 e. The Morgan fingerprint density at radius 2 is 1.85 bits per heavy atom. The number of nitrogens with zero attached hydrogens (tertiary/aromatic N) is 1. The first kappa shape index (κ1) is 32.4. The quantitative estimate of drug-likeness (QED) is 0.215. The average Bonchev–Trinajstić information content (AvgIpc) is 3.59. The zero-order valence-electron chi connectivity index (χ0n) is 25.9. The number of halogens is 1. The van der Waals surface area contributed by atoms with Crippen molar-refractivity contribution in [2.75, 3.05) is 39.9 Å². The van der Waals surface area contributed by atoms with E-state index >= 15 is 0 Å². The lowest BCUT2D eigenvalue weighted by molar-refractivity contribution is -0.120. The van der Waals surface area contributed by atoms with Crippen LogP contribution in [0.4, 0.5) is 4.79 Å². The standard InChI is InChI=1S/C34H37ClN4O8/c1-44-25-5-2-21(3-6-25)19-45-26-7-8-27(31(41)36-17-28-32(42)38-33(43)37-28)30(15-26)46-20-24(40)18-39-12-10-34(11-13-39)16-22-14-23(35)4-9-29(22)47-34/h2-9,14-15,24,28,40H,10-13,16-20H2,1H3,(H,36,41)(H2,37,38,42,43)/t24-,28+/m0/s1. The van der Waals surface area contributed by atoms with Gasteiger partial charge in [0.2, 0.25) is 0 Å². The minimum absolute atomic E-state index is 0.0641. The van der Waals surface area contributed by atoms with E-state index < -0.39 is 30.0 Å². The highest BCUT2D eigenvalue weighted by Gasteiger charge is 2.42. The molecule has 4 N–H and O–H groups in total. The number of amides is 4. The van der Waals surface area contributed by atoms with Gasteiger partial charge >= 0.3 is 6.03 Å². The number of aliphatic hydroxyl groups is 1. The molecule has 0 saturated carbocycles. The van der Waals surface area contributed by atoms with Crippen LogP contribution in [0.15, 0.2) is 60.7 Å². The molecule has 1 spiro atoms. The average molecular weight is 665 g/mol. The lowest BCUT2D eigenvalue weighted by atomic mass is 9.87. The molecule has 6 rings (SSSR count). The number of benzene rings is 3. The van der Waals surface area contributed by atoms with Gasteiger partial charge in [0, 0.05) is 56.5 Å². The number of urea groups is 1. The number of ether oxygens (including phenoxy) is 4. The smallest absolute Gasteiger partial charge is 0.322 e. The van der Waals surface area contributed by atoms with Crippen LogP contribution in [0.3, 0.4) is 0 Å². The molecule has 248 valence electrons. The van der Waals surface area contributed by atoms with Crippen molar-refractivity contribution in [2.45, 2.75) is 43.6 Å². The molecule has 2 saturated heterocycles. The van der Waals surface area contributed by atoms with Crippen molar-refractivity contribution in [1.29, 1.82) is 0 Å². The number of likely N-dealkylation sites (tertiary alicyclic amines) is 1. The zero-order chi connectivity index (χ0) is 33.0. The molecule has 3 aliphatic rings. The van der Waals surface area contributed by atoms with Gasteiger partial charge in [-0.05, 0) is 53.6 Å². The fourth-order valence-corrected chi connectivity index (χ4v) is 6.24. The van der Waals surface area contributed by atoms with E-state index in [1.54, 1.807) is 25.3 Å². The summed E-state index contributed by atoms with van der Waals surface area (Å²) >= 11 is 6.18. The monoisotopic (exact) mass is 664 g/mol. The van der Waals surface area contributed by atoms with Gasteiger partial charge in [-0.1, -0.05) is 23.7 Å². The van der Waals surface area contributed by atoms with Gasteiger partial charge in [-0.2, -0.15) is 0 Å². The summed E-state index contributed by atoms with van der Waals surface area (Å²) in [6.45, 7) is 2.00. The molecule has 47 heavy (non-hydrogen) atoms. The topological polar surface area (TPSA) is 148 Å². The summed E-state index contributed by atoms with van der Waals surface area (Å²) in [5.41, 5.74) is 1.99. The van der Waals surface area contributed by atoms with Crippen molar-refractivity contribution in [2.24, 2.45) is 0 Å². The Morgan fingerprint density at radius 1 is 1.09 bits per heavy atom. The van der Waals surface area contributed by atoms with E-state index in [4.69, 9.17) is 30.5 Å². The fourth-order valence-electron chi connectivity index (χ4n) is 6.04. The van der Waals surface area contributed by atoms with Gasteiger partial charge in [0.1, 0.15) is 54.0 Å². The number of methoxy groups -OCH3 is 1. The molecule has 0 unspecified atom stereocenters. The Labute approximate surface area is 277 Å². The van der Waals surface area contributed by atoms with Crippen LogP contribution < -0.4 is 34.9 Å². The molecule has 3 aliphatic heterocycles. The molecule has 3 aromatic rings. The third-order valence-corrected chi connectivity index (χ3v) is 8.85. The van der Waals surface area contributed by atoms with E-state index in [-0.39, 0.29) is 36.7 Å². The first-order valence-corrected chi connectivity index (χ1v) is 15.9. The highest BCUT2D eigenvalue weighted by molar-refractivity contribution is 6.30. The molecular weight excluding hydrogens is 628 g/mol. The molecule has 0 aromatic heterocycles. The van der Waals surface area contributed by atoms with Gasteiger partial charge in [0.15, 0.2) is 0 Å². The molecule has 2 atom stereocenters. The van der Waals surface area contributed by atoms with Crippen LogP contribution >= 0.6 is 11.6 Å². The van der Waals surface area contributed by atoms with E-state index in [2.05, 4.69) is 20.9 Å². The maximum atomic E-state index is 13.2. The number of nitrogens with one attached hydrogen (secondary N) is 3. The Balaban J connectivity index is 1.06. The van der Waals surface area contributed by atoms with Gasteiger partial charge in [0.25, 0.3) is 11.8 Å². The summed E-state index contributed by atoms with van der Waals surface area (Å²) in [7, 11) is 1.60. The Hall–Kier alpha value is -4.52. The Morgan fingerprint density at radius 3 is 2.57 bits per heavy atom. The molecule has 13 heteroatoms. The first-order valence-electron chi connectivity index (χ1n) is 15.5. The summed E-state index contributed by atoms with van der Waals surface area (Å²) in [6, 6.07) is 16.5. The molecule has 2 fully saturated rings. The molecule has 4 amide bonds. The third-order valence-electron chi connectivity index (χ3n) is 8.62. The summed E-state index contributed by atoms with van der Waals surface area (Å²) in [4.78, 5) is 38.7. The second kappa shape index (κ2) is 14.1. The number of rotatable bonds is 12. The number of hydrogen-bond acceptors (Lipinski definition) is 9. The van der Waals surface area contributed by atoms with Crippen LogP contribution in [0.25, 0.3) is 0 Å². The minimum Gasteiger partial charge on any atom is -0.497 e. The van der Waals surface area contributed by atoms with Gasteiger partial charge in [-0.25, -0.2) is 4.79 Å². The highest BCUT2D eigenvalue weighted by Crippen LogP contribution is 2.42. The van der Waals surface area contributed by atoms with E-state index in [0.717, 1.165) is 55.0 Å². The Bertz CT molecular complexity index is 1630. The van der Waals surface area contributed by atoms with Gasteiger partial charge in [0.05, 0.1) is 12.7 Å². The summed E-state index contributed by atoms with van der Waals surface area (Å²) in [5, 5.41) is 18.9. The molecule has 3 heterocycles. The summed E-state index contributed by atoms with van der Waals surface area (Å²) < 4.78 is 23.5. The lowest BCUT2D eigenvalue weighted by Gasteiger charge is -2.39. The second-order valence-corrected chi connectivity index (χ2v) is 12.4. The SMILES string of the molecule is COc1ccc(COc2ccc(C(=O)NC[C@H]3NC(=O)NC3=O)c(OC[C@@H](O)CN3CCC4(CC3)Cc3cc(Cl)ccc3O4)c2)cc1. The third kappa shape index (κ3) is 7.90. The van der Waals surface area contributed by atoms with E-state index in [1.165, 1.54) is 0 Å². The van der Waals surface area contributed by atoms with Crippen molar-refractivity contribution in [1.82, 2.24) is 20.9 Å². The van der Waals surface area contributed by atoms with Crippen molar-refractivity contribution < 1.29 is 38.4 Å². The number of hydrogen-bond donors (Lipinski definition) is 4. The summed E-state index contributed by atoms with van der Waals surface area (Å²) in [5.74, 6) is 1.27. The summed E-state index contributed by atoms with van der Waals surface area (Å²) in [6.07, 6.45) is 1.64. The van der Waals surface area contributed by atoms with Crippen molar-refractivity contribution >= 4 is 29.4 Å². The normalized spacial score (nSPS) is 18.9. The van der Waals surface area contributed by atoms with Crippen molar-refractivity contribution in [3.05, 3.63) is 82.4 Å². The number of carbonyl (C=O) groups excluding carboxylic acids is 3. The Kier molecular flexibility index (Phi) is 9.71. The predicted octanol–water partition coefficient (Wildman–Crippen LogP) is 3.07. The van der Waals surface area contributed by atoms with E-state index in [0.29, 0.717) is 17.3 Å². The first-order chi connectivity index (χ1) is 22.7. The van der Waals surface area contributed by atoms with Crippen LogP contribution in [-0.4, -0.2) is 85.5 Å². The van der Waals surface area contributed by atoms with Crippen molar-refractivity contribution in [3.8, 4) is 23.0 Å². The van der Waals surface area contributed by atoms with E-state index in [9.17, 15) is 19.5 Å². The van der Waals surface area contributed by atoms with Crippen LogP contribution in [0.2, 0.25) is 5.02 Å². The molecule has 0 bridgehead atoms. The highest BCUT2D eigenvalue weighted by atomic mass is 35.5. The van der Waals surface area contributed by atoms with E-state index in [1.807, 2.05) is 42.5 Å². The zero-order valence-corrected chi connectivity index (χ0v) is 26.7. The number of imide groups is 1. The number of aliphatic hydroxyl groups excluding tert-OH is 1. The predicted molar refractivity (Wildman–Crippen MR) is 172 cm³/mol. The number of carbonyl (C=O) groups is 3. The van der Waals surface area contributed by atoms with Crippen LogP contribution in [0.5, 0.6) is 23.0 Å². The second-order valence-electron chi connectivity index (χ2n) is 12.0. The number of β-amino-alcohol motifs (C(OH)–C–C–N with tert-alkyl or cyclic N) is 1. The van der Waals surface area contributed by atoms with Gasteiger partial charge in [-0.3, -0.25) is 14.9 Å². The maximum Gasteiger partial charge on any atom is 0.322 e. The van der Waals surface area contributed by atoms with Gasteiger partial charge in [-0.15, -0.1) is 0 Å². The molecular formula is C34H37ClN4O8. The van der Waals surface area contributed by atoms with Gasteiger partial charge < -0.3 is 39.6 Å². The fraction of sp³-hybridized carbons (Fsp3) is 0.382. The van der Waals surface area contributed by atoms with Crippen LogP contribution in [0.1, 0.15) is 34.3 Å². The molecule has 0 radical (unpaired) electrons. The maximum absolute atomic E-state index is 13.2. The van der Waals surface area contributed by atoms with Crippen LogP contribution in [0, 0.1) is 0 Å². The number of piperidine rings is 1. The van der Waals surface area contributed by atoms with Crippen LogP contribution in [-0.2, 0) is 17.8 Å². The lowest BCUT2D eigenvalue weighted by Crippen LogP contribution is -2.49. The number of fused-ring (bicyclic) bond motifs is 1. The molecule has 3 aromatic carbocycles. The molecule has 12 nitrogen and oxygen atoms in total. The van der Waals surface area contributed by atoms with Crippen molar-refractivity contribution in [3.63, 3.8) is 0 Å². The molecule has 0 aliphatic carbocycles.